The van der Waals surface area contributed by atoms with E-state index >= 15 is 0 Å². The molecule has 0 radical (unpaired) electrons. The molecule has 0 aliphatic heterocycles. The van der Waals surface area contributed by atoms with Gasteiger partial charge >= 0.3 is 5.97 Å². The highest BCUT2D eigenvalue weighted by atomic mass is 19.1. The van der Waals surface area contributed by atoms with Crippen molar-refractivity contribution >= 4 is 11.9 Å². The molecular formula is C15H17F2NO3. The van der Waals surface area contributed by atoms with E-state index in [9.17, 15) is 18.4 Å². The molecule has 2 N–H and O–H groups in total. The number of carboxylic acid groups (broad SMARTS) is 1. The third-order valence-corrected chi connectivity index (χ3v) is 3.73. The second kappa shape index (κ2) is 5.79. The normalized spacial score (nSPS) is 22.0. The molecule has 1 aromatic carbocycles. The average molecular weight is 297 g/mol. The Kier molecular flexibility index (Phi) is 4.25. The summed E-state index contributed by atoms with van der Waals surface area (Å²) in [7, 11) is 0. The first kappa shape index (κ1) is 15.4. The maximum Gasteiger partial charge on any atom is 0.326 e. The van der Waals surface area contributed by atoms with E-state index in [1.807, 2.05) is 0 Å². The number of hydrogen-bond acceptors (Lipinski definition) is 2. The molecule has 3 atom stereocenters. The van der Waals surface area contributed by atoms with Crippen molar-refractivity contribution in [1.29, 1.82) is 0 Å². The number of hydrogen-bond donors (Lipinski definition) is 2. The molecule has 1 aliphatic rings. The van der Waals surface area contributed by atoms with Crippen LogP contribution < -0.4 is 5.32 Å². The maximum atomic E-state index is 13.6. The summed E-state index contributed by atoms with van der Waals surface area (Å²) in [6.45, 7) is 3.36. The van der Waals surface area contributed by atoms with E-state index in [0.29, 0.717) is 6.42 Å². The number of carboxylic acids is 1. The van der Waals surface area contributed by atoms with Gasteiger partial charge in [0.05, 0.1) is 0 Å². The topological polar surface area (TPSA) is 66.4 Å². The molecule has 1 aromatic rings. The van der Waals surface area contributed by atoms with Crippen molar-refractivity contribution < 1.29 is 23.5 Å². The zero-order valence-corrected chi connectivity index (χ0v) is 11.8. The number of carbonyl (C=O) groups excluding carboxylic acids is 1. The number of halogens is 2. The summed E-state index contributed by atoms with van der Waals surface area (Å²) in [6.07, 6.45) is 0.328. The Labute approximate surface area is 121 Å². The minimum Gasteiger partial charge on any atom is -0.480 e. The Bertz CT molecular complexity index is 554. The molecular weight excluding hydrogens is 280 g/mol. The molecule has 0 aromatic heterocycles. The highest BCUT2D eigenvalue weighted by molar-refractivity contribution is 5.87. The van der Waals surface area contributed by atoms with E-state index < -0.39 is 41.4 Å². The van der Waals surface area contributed by atoms with Gasteiger partial charge in [-0.25, -0.2) is 13.6 Å². The van der Waals surface area contributed by atoms with Crippen molar-refractivity contribution in [2.45, 2.75) is 32.2 Å². The monoisotopic (exact) mass is 297 g/mol. The van der Waals surface area contributed by atoms with Crippen LogP contribution in [-0.2, 0) is 9.59 Å². The fourth-order valence-corrected chi connectivity index (χ4v) is 2.44. The van der Waals surface area contributed by atoms with Crippen LogP contribution >= 0.6 is 0 Å². The van der Waals surface area contributed by atoms with Crippen LogP contribution in [0.2, 0.25) is 0 Å². The number of benzene rings is 1. The Hall–Kier alpha value is -1.98. The summed E-state index contributed by atoms with van der Waals surface area (Å²) < 4.78 is 27.3. The lowest BCUT2D eigenvalue weighted by atomic mass is 10.0. The van der Waals surface area contributed by atoms with Crippen LogP contribution in [0.15, 0.2) is 18.2 Å². The molecule has 21 heavy (non-hydrogen) atoms. The third kappa shape index (κ3) is 3.20. The van der Waals surface area contributed by atoms with E-state index in [4.69, 9.17) is 5.11 Å². The molecule has 1 aliphatic carbocycles. The lowest BCUT2D eigenvalue weighted by molar-refractivity contribution is -0.143. The van der Waals surface area contributed by atoms with Gasteiger partial charge in [0.2, 0.25) is 5.91 Å². The quantitative estimate of drug-likeness (QED) is 0.876. The van der Waals surface area contributed by atoms with Crippen molar-refractivity contribution in [3.63, 3.8) is 0 Å². The molecule has 4 nitrogen and oxygen atoms in total. The van der Waals surface area contributed by atoms with Crippen LogP contribution in [0, 0.1) is 23.5 Å². The second-order valence-corrected chi connectivity index (χ2v) is 5.65. The van der Waals surface area contributed by atoms with Crippen LogP contribution in [0.25, 0.3) is 0 Å². The van der Waals surface area contributed by atoms with Crippen molar-refractivity contribution in [3.05, 3.63) is 35.4 Å². The highest BCUT2D eigenvalue weighted by Crippen LogP contribution is 2.49. The van der Waals surface area contributed by atoms with Gasteiger partial charge in [0.15, 0.2) is 0 Å². The lowest BCUT2D eigenvalue weighted by Gasteiger charge is -2.17. The molecule has 0 saturated heterocycles. The van der Waals surface area contributed by atoms with Crippen molar-refractivity contribution in [1.82, 2.24) is 5.32 Å². The Morgan fingerprint density at radius 2 is 1.86 bits per heavy atom. The third-order valence-electron chi connectivity index (χ3n) is 3.73. The molecule has 1 saturated carbocycles. The van der Waals surface area contributed by atoms with Gasteiger partial charge in [-0.15, -0.1) is 0 Å². The second-order valence-electron chi connectivity index (χ2n) is 5.65. The first-order chi connectivity index (χ1) is 9.82. The summed E-state index contributed by atoms with van der Waals surface area (Å²) in [6, 6.07) is 2.58. The maximum absolute atomic E-state index is 13.6. The molecule has 1 amide bonds. The highest BCUT2D eigenvalue weighted by Gasteiger charge is 2.47. The fraction of sp³-hybridized carbons (Fsp3) is 0.467. The van der Waals surface area contributed by atoms with E-state index in [2.05, 4.69) is 5.32 Å². The zero-order chi connectivity index (χ0) is 15.7. The standard InChI is InChI=1S/C15H17F2NO3/c1-7(2)13(15(20)21)18-14(19)9-6-8(9)12-10(16)4-3-5-11(12)17/h3-5,7-9,13H,6H2,1-2H3,(H,18,19)(H,20,21)/t8?,9?,13-/m0/s1. The predicted molar refractivity (Wildman–Crippen MR) is 71.6 cm³/mol. The van der Waals surface area contributed by atoms with Gasteiger partial charge in [-0.1, -0.05) is 19.9 Å². The largest absolute Gasteiger partial charge is 0.480 e. The number of aliphatic carboxylic acids is 1. The summed E-state index contributed by atoms with van der Waals surface area (Å²) in [5.41, 5.74) is -0.0888. The lowest BCUT2D eigenvalue weighted by Crippen LogP contribution is -2.45. The van der Waals surface area contributed by atoms with Crippen LogP contribution in [0.3, 0.4) is 0 Å². The first-order valence-corrected chi connectivity index (χ1v) is 6.80. The van der Waals surface area contributed by atoms with Gasteiger partial charge in [0.1, 0.15) is 17.7 Å². The molecule has 1 fully saturated rings. The van der Waals surface area contributed by atoms with Crippen LogP contribution in [0.4, 0.5) is 8.78 Å². The molecule has 0 spiro atoms. The fourth-order valence-electron chi connectivity index (χ4n) is 2.44. The van der Waals surface area contributed by atoms with Gasteiger partial charge < -0.3 is 10.4 Å². The molecule has 114 valence electrons. The van der Waals surface area contributed by atoms with Gasteiger partial charge in [-0.05, 0) is 24.5 Å². The SMILES string of the molecule is CC(C)[C@H](NC(=O)C1CC1c1c(F)cccc1F)C(=O)O. The van der Waals surface area contributed by atoms with E-state index in [0.717, 1.165) is 12.1 Å². The number of amides is 1. The smallest absolute Gasteiger partial charge is 0.326 e. The van der Waals surface area contributed by atoms with Crippen molar-refractivity contribution in [3.8, 4) is 0 Å². The van der Waals surface area contributed by atoms with E-state index in [-0.39, 0.29) is 11.5 Å². The minimum absolute atomic E-state index is 0.0888. The summed E-state index contributed by atoms with van der Waals surface area (Å²) >= 11 is 0. The van der Waals surface area contributed by atoms with Crippen molar-refractivity contribution in [2.24, 2.45) is 11.8 Å². The van der Waals surface area contributed by atoms with Gasteiger partial charge in [0.25, 0.3) is 0 Å². The summed E-state index contributed by atoms with van der Waals surface area (Å²) in [4.78, 5) is 23.1. The zero-order valence-electron chi connectivity index (χ0n) is 11.8. The molecule has 0 heterocycles. The Balaban J connectivity index is 2.06. The molecule has 0 bridgehead atoms. The summed E-state index contributed by atoms with van der Waals surface area (Å²) in [5, 5.41) is 11.5. The predicted octanol–water partition coefficient (Wildman–Crippen LogP) is 2.29. The molecule has 6 heteroatoms. The number of carbonyl (C=O) groups is 2. The summed E-state index contributed by atoms with van der Waals surface area (Å²) in [5.74, 6) is -4.29. The van der Waals surface area contributed by atoms with Crippen LogP contribution in [0.1, 0.15) is 31.7 Å². The average Bonchev–Trinajstić information content (AvgIpc) is 3.15. The molecule has 2 rings (SSSR count). The first-order valence-electron chi connectivity index (χ1n) is 6.80. The van der Waals surface area contributed by atoms with E-state index in [1.54, 1.807) is 13.8 Å². The van der Waals surface area contributed by atoms with Crippen LogP contribution in [-0.4, -0.2) is 23.0 Å². The van der Waals surface area contributed by atoms with Crippen LogP contribution in [0.5, 0.6) is 0 Å². The number of nitrogens with one attached hydrogen (secondary N) is 1. The van der Waals surface area contributed by atoms with Gasteiger partial charge in [-0.3, -0.25) is 4.79 Å². The Morgan fingerprint density at radius 1 is 1.29 bits per heavy atom. The van der Waals surface area contributed by atoms with E-state index in [1.165, 1.54) is 6.07 Å². The van der Waals surface area contributed by atoms with Gasteiger partial charge in [0, 0.05) is 17.4 Å². The number of rotatable bonds is 5. The molecule has 2 unspecified atom stereocenters. The van der Waals surface area contributed by atoms with Crippen molar-refractivity contribution in [2.75, 3.05) is 0 Å². The van der Waals surface area contributed by atoms with Gasteiger partial charge in [-0.2, -0.15) is 0 Å². The minimum atomic E-state index is -1.12. The Morgan fingerprint density at radius 3 is 2.33 bits per heavy atom.